The van der Waals surface area contributed by atoms with E-state index in [9.17, 15) is 9.59 Å². The summed E-state index contributed by atoms with van der Waals surface area (Å²) in [6.07, 6.45) is 5.89. The molecule has 28 heavy (non-hydrogen) atoms. The van der Waals surface area contributed by atoms with Gasteiger partial charge in [0.15, 0.2) is 0 Å². The number of likely N-dealkylation sites (tertiary alicyclic amines) is 1. The molecule has 0 unspecified atom stereocenters. The van der Waals surface area contributed by atoms with Crippen molar-refractivity contribution >= 4 is 17.5 Å². The van der Waals surface area contributed by atoms with Gasteiger partial charge in [0.25, 0.3) is 0 Å². The maximum Gasteiger partial charge on any atom is 0.229 e. The van der Waals surface area contributed by atoms with Gasteiger partial charge in [-0.2, -0.15) is 0 Å². The van der Waals surface area contributed by atoms with Gasteiger partial charge in [-0.25, -0.2) is 4.98 Å². The average molecular weight is 380 g/mol. The number of imidazole rings is 1. The zero-order valence-corrected chi connectivity index (χ0v) is 16.6. The molecule has 148 valence electrons. The van der Waals surface area contributed by atoms with Crippen molar-refractivity contribution in [1.29, 1.82) is 0 Å². The van der Waals surface area contributed by atoms with E-state index < -0.39 is 0 Å². The van der Waals surface area contributed by atoms with E-state index in [0.717, 1.165) is 35.7 Å². The van der Waals surface area contributed by atoms with Crippen LogP contribution in [-0.2, 0) is 22.6 Å². The first-order chi connectivity index (χ1) is 13.5. The zero-order valence-electron chi connectivity index (χ0n) is 16.6. The monoisotopic (exact) mass is 380 g/mol. The maximum atomic E-state index is 12.6. The normalized spacial score (nSPS) is 19.2. The van der Waals surface area contributed by atoms with Crippen LogP contribution in [0.5, 0.6) is 0 Å². The average Bonchev–Trinajstić information content (AvgIpc) is 3.26. The minimum absolute atomic E-state index is 0.0768. The van der Waals surface area contributed by atoms with Crippen molar-refractivity contribution in [2.45, 2.75) is 46.1 Å². The van der Waals surface area contributed by atoms with Crippen molar-refractivity contribution in [3.05, 3.63) is 36.3 Å². The standard InChI is InChI=1S/C22H28N4O2/c1-15(2)12-26-13-17(11-21(26)27)22(28)23-18-8-6-16(7-9-18)19-14-25-10-4-3-5-20(25)24-19/h6-9,14-15,17H,3-5,10-13H2,1-2H3,(H,23,28)/t17-/m1/s1. The van der Waals surface area contributed by atoms with Crippen LogP contribution in [0.15, 0.2) is 30.5 Å². The van der Waals surface area contributed by atoms with Crippen molar-refractivity contribution in [3.63, 3.8) is 0 Å². The van der Waals surface area contributed by atoms with Gasteiger partial charge in [0.1, 0.15) is 5.82 Å². The van der Waals surface area contributed by atoms with E-state index in [4.69, 9.17) is 4.98 Å². The summed E-state index contributed by atoms with van der Waals surface area (Å²) in [5.74, 6) is 1.30. The first-order valence-electron chi connectivity index (χ1n) is 10.2. The van der Waals surface area contributed by atoms with Gasteiger partial charge in [0.05, 0.1) is 11.6 Å². The van der Waals surface area contributed by atoms with Crippen molar-refractivity contribution in [2.24, 2.45) is 11.8 Å². The van der Waals surface area contributed by atoms with E-state index in [1.165, 1.54) is 12.8 Å². The van der Waals surface area contributed by atoms with Crippen molar-refractivity contribution in [2.75, 3.05) is 18.4 Å². The largest absolute Gasteiger partial charge is 0.342 e. The first-order valence-corrected chi connectivity index (χ1v) is 10.2. The van der Waals surface area contributed by atoms with Crippen LogP contribution in [-0.4, -0.2) is 39.4 Å². The lowest BCUT2D eigenvalue weighted by molar-refractivity contribution is -0.128. The van der Waals surface area contributed by atoms with E-state index >= 15 is 0 Å². The highest BCUT2D eigenvalue weighted by Crippen LogP contribution is 2.25. The van der Waals surface area contributed by atoms with Gasteiger partial charge in [0, 0.05) is 49.9 Å². The third-order valence-electron chi connectivity index (χ3n) is 5.53. The lowest BCUT2D eigenvalue weighted by Gasteiger charge is -2.18. The van der Waals surface area contributed by atoms with Gasteiger partial charge in [-0.3, -0.25) is 9.59 Å². The molecule has 1 fully saturated rings. The fourth-order valence-corrected chi connectivity index (χ4v) is 4.09. The van der Waals surface area contributed by atoms with Crippen LogP contribution in [0.4, 0.5) is 5.69 Å². The summed E-state index contributed by atoms with van der Waals surface area (Å²) in [6, 6.07) is 7.81. The number of anilines is 1. The molecule has 2 aliphatic heterocycles. The Labute approximate surface area is 165 Å². The van der Waals surface area contributed by atoms with Gasteiger partial charge in [-0.15, -0.1) is 0 Å². The molecule has 0 spiro atoms. The van der Waals surface area contributed by atoms with Gasteiger partial charge in [0.2, 0.25) is 11.8 Å². The number of benzene rings is 1. The second-order valence-corrected chi connectivity index (χ2v) is 8.35. The summed E-state index contributed by atoms with van der Waals surface area (Å²) in [6.45, 7) is 6.44. The number of nitrogens with one attached hydrogen (secondary N) is 1. The van der Waals surface area contributed by atoms with E-state index in [1.54, 1.807) is 4.90 Å². The molecule has 6 heteroatoms. The molecule has 1 N–H and O–H groups in total. The van der Waals surface area contributed by atoms with Crippen molar-refractivity contribution < 1.29 is 9.59 Å². The smallest absolute Gasteiger partial charge is 0.229 e. The third kappa shape index (κ3) is 3.96. The Hall–Kier alpha value is -2.63. The molecule has 0 saturated carbocycles. The Morgan fingerprint density at radius 1 is 1.25 bits per heavy atom. The second-order valence-electron chi connectivity index (χ2n) is 8.35. The van der Waals surface area contributed by atoms with Crippen LogP contribution < -0.4 is 5.32 Å². The number of hydrogen-bond acceptors (Lipinski definition) is 3. The molecule has 2 amide bonds. The molecule has 1 atom stereocenters. The number of fused-ring (bicyclic) bond motifs is 1. The molecule has 3 heterocycles. The molecular weight excluding hydrogens is 352 g/mol. The summed E-state index contributed by atoms with van der Waals surface area (Å²) in [7, 11) is 0. The predicted octanol–water partition coefficient (Wildman–Crippen LogP) is 3.33. The second kappa shape index (κ2) is 7.78. The van der Waals surface area contributed by atoms with Gasteiger partial charge < -0.3 is 14.8 Å². The van der Waals surface area contributed by atoms with Gasteiger partial charge >= 0.3 is 0 Å². The summed E-state index contributed by atoms with van der Waals surface area (Å²) in [5.41, 5.74) is 2.80. The summed E-state index contributed by atoms with van der Waals surface area (Å²) in [5, 5.41) is 2.96. The number of amides is 2. The van der Waals surface area contributed by atoms with E-state index in [1.807, 2.05) is 24.3 Å². The highest BCUT2D eigenvalue weighted by molar-refractivity contribution is 5.97. The molecule has 4 rings (SSSR count). The highest BCUT2D eigenvalue weighted by Gasteiger charge is 2.34. The Morgan fingerprint density at radius 2 is 2.04 bits per heavy atom. The number of aryl methyl sites for hydroxylation is 2. The van der Waals surface area contributed by atoms with E-state index in [2.05, 4.69) is 29.9 Å². The molecule has 1 aromatic heterocycles. The number of nitrogens with zero attached hydrogens (tertiary/aromatic N) is 3. The summed E-state index contributed by atoms with van der Waals surface area (Å²) in [4.78, 5) is 31.2. The molecule has 0 radical (unpaired) electrons. The van der Waals surface area contributed by atoms with Crippen LogP contribution >= 0.6 is 0 Å². The number of aromatic nitrogens is 2. The first kappa shape index (κ1) is 18.7. The molecule has 1 saturated heterocycles. The fourth-order valence-electron chi connectivity index (χ4n) is 4.09. The Balaban J connectivity index is 1.39. The summed E-state index contributed by atoms with van der Waals surface area (Å²) < 4.78 is 2.24. The van der Waals surface area contributed by atoms with Gasteiger partial charge in [-0.1, -0.05) is 26.0 Å². The number of carbonyl (C=O) groups is 2. The molecular formula is C22H28N4O2. The molecule has 0 aliphatic carbocycles. The van der Waals surface area contributed by atoms with Crippen LogP contribution in [0.25, 0.3) is 11.3 Å². The maximum absolute atomic E-state index is 12.6. The predicted molar refractivity (Wildman–Crippen MR) is 109 cm³/mol. The lowest BCUT2D eigenvalue weighted by Crippen LogP contribution is -2.31. The SMILES string of the molecule is CC(C)CN1C[C@H](C(=O)Nc2ccc(-c3cn4c(n3)CCCC4)cc2)CC1=O. The van der Waals surface area contributed by atoms with Crippen LogP contribution in [0.1, 0.15) is 38.9 Å². The zero-order chi connectivity index (χ0) is 19.7. The number of hydrogen-bond donors (Lipinski definition) is 1. The molecule has 2 aromatic rings. The van der Waals surface area contributed by atoms with E-state index in [0.29, 0.717) is 25.4 Å². The Bertz CT molecular complexity index is 846. The minimum Gasteiger partial charge on any atom is -0.342 e. The van der Waals surface area contributed by atoms with Crippen LogP contribution in [0, 0.1) is 11.8 Å². The summed E-state index contributed by atoms with van der Waals surface area (Å²) >= 11 is 0. The molecule has 0 bridgehead atoms. The quantitative estimate of drug-likeness (QED) is 0.865. The van der Waals surface area contributed by atoms with Gasteiger partial charge in [-0.05, 0) is 30.9 Å². The van der Waals surface area contributed by atoms with E-state index in [-0.39, 0.29) is 17.7 Å². The minimum atomic E-state index is -0.272. The third-order valence-corrected chi connectivity index (χ3v) is 5.53. The number of carbonyl (C=O) groups excluding carboxylic acids is 2. The lowest BCUT2D eigenvalue weighted by atomic mass is 10.1. The molecule has 2 aliphatic rings. The van der Waals surface area contributed by atoms with Crippen molar-refractivity contribution in [3.8, 4) is 11.3 Å². The fraction of sp³-hybridized carbons (Fsp3) is 0.500. The molecule has 6 nitrogen and oxygen atoms in total. The highest BCUT2D eigenvalue weighted by atomic mass is 16.2. The Kier molecular flexibility index (Phi) is 5.20. The topological polar surface area (TPSA) is 67.2 Å². The van der Waals surface area contributed by atoms with Crippen LogP contribution in [0.2, 0.25) is 0 Å². The van der Waals surface area contributed by atoms with Crippen molar-refractivity contribution in [1.82, 2.24) is 14.5 Å². The van der Waals surface area contributed by atoms with Crippen LogP contribution in [0.3, 0.4) is 0 Å². The Morgan fingerprint density at radius 3 is 2.75 bits per heavy atom. The molecule has 1 aromatic carbocycles. The number of rotatable bonds is 5.